The van der Waals surface area contributed by atoms with Gasteiger partial charge in [-0.3, -0.25) is 9.59 Å². The Labute approximate surface area is 500 Å². The molecule has 0 amide bonds. The Balaban J connectivity index is 3.40. The van der Waals surface area contributed by atoms with Crippen LogP contribution in [-0.2, 0) is 19.1 Å². The molecule has 0 aromatic carbocycles. The molecule has 5 nitrogen and oxygen atoms in total. The first-order valence-electron chi connectivity index (χ1n) is 35.8. The van der Waals surface area contributed by atoms with E-state index in [0.717, 1.165) is 57.8 Å². The average Bonchev–Trinajstić information content (AvgIpc) is 3.46. The van der Waals surface area contributed by atoms with Crippen LogP contribution in [0.25, 0.3) is 0 Å². The SMILES string of the molecule is CCCCCCC/C=C\C/C=C\C/C=C\CCCCCCCCCCCCCCCCCCCCC(=O)OC(CO)COC(=O)CCCCCCCCCCCCCCCCCCCCCCC/C=C\C/C=C\CCCCCCC. The van der Waals surface area contributed by atoms with E-state index in [-0.39, 0.29) is 25.2 Å². The van der Waals surface area contributed by atoms with Gasteiger partial charge in [-0.25, -0.2) is 0 Å². The molecule has 0 heterocycles. The third kappa shape index (κ3) is 68.1. The lowest BCUT2D eigenvalue weighted by atomic mass is 10.0. The molecule has 0 spiro atoms. The maximum Gasteiger partial charge on any atom is 0.306 e. The fraction of sp³-hybridized carbons (Fsp3) is 0.840. The molecule has 0 aliphatic heterocycles. The van der Waals surface area contributed by atoms with Crippen molar-refractivity contribution in [3.05, 3.63) is 60.8 Å². The van der Waals surface area contributed by atoms with Gasteiger partial charge in [0.1, 0.15) is 6.61 Å². The smallest absolute Gasteiger partial charge is 0.306 e. The summed E-state index contributed by atoms with van der Waals surface area (Å²) in [4.78, 5) is 24.7. The first kappa shape index (κ1) is 77.6. The van der Waals surface area contributed by atoms with Gasteiger partial charge < -0.3 is 14.6 Å². The number of ether oxygens (including phenoxy) is 2. The second-order valence-corrected chi connectivity index (χ2v) is 24.3. The highest BCUT2D eigenvalue weighted by molar-refractivity contribution is 5.70. The number of allylic oxidation sites excluding steroid dienone is 10. The molecule has 0 radical (unpaired) electrons. The maximum absolute atomic E-state index is 12.4. The summed E-state index contributed by atoms with van der Waals surface area (Å²) in [5.74, 6) is -0.569. The number of esters is 2. The van der Waals surface area contributed by atoms with Crippen LogP contribution in [0.1, 0.15) is 386 Å². The molecule has 1 N–H and O–H groups in total. The van der Waals surface area contributed by atoms with Crippen molar-refractivity contribution in [2.75, 3.05) is 13.2 Å². The van der Waals surface area contributed by atoms with Crippen LogP contribution in [0.15, 0.2) is 60.8 Å². The van der Waals surface area contributed by atoms with Gasteiger partial charge >= 0.3 is 11.9 Å². The molecule has 0 aromatic heterocycles. The van der Waals surface area contributed by atoms with Crippen molar-refractivity contribution in [2.24, 2.45) is 0 Å². The molecular weight excluding hydrogens is 981 g/mol. The topological polar surface area (TPSA) is 72.8 Å². The van der Waals surface area contributed by atoms with Crippen molar-refractivity contribution in [2.45, 2.75) is 392 Å². The maximum atomic E-state index is 12.4. The highest BCUT2D eigenvalue weighted by atomic mass is 16.6. The highest BCUT2D eigenvalue weighted by Crippen LogP contribution is 2.19. The molecule has 1 unspecified atom stereocenters. The Kier molecular flexibility index (Phi) is 68.7. The summed E-state index contributed by atoms with van der Waals surface area (Å²) < 4.78 is 10.8. The van der Waals surface area contributed by atoms with E-state index in [4.69, 9.17) is 9.47 Å². The molecule has 0 aliphatic rings. The van der Waals surface area contributed by atoms with Crippen LogP contribution in [0.2, 0.25) is 0 Å². The first-order valence-corrected chi connectivity index (χ1v) is 35.8. The van der Waals surface area contributed by atoms with Crippen LogP contribution < -0.4 is 0 Å². The molecular formula is C75H138O5. The molecule has 0 aromatic rings. The minimum absolute atomic E-state index is 0.0613. The fourth-order valence-corrected chi connectivity index (χ4v) is 10.9. The Morgan fingerprint density at radius 3 is 0.750 bits per heavy atom. The summed E-state index contributed by atoms with van der Waals surface area (Å²) in [5.41, 5.74) is 0. The minimum Gasteiger partial charge on any atom is -0.462 e. The second-order valence-electron chi connectivity index (χ2n) is 24.3. The van der Waals surface area contributed by atoms with Crippen molar-refractivity contribution in [1.82, 2.24) is 0 Å². The van der Waals surface area contributed by atoms with Gasteiger partial charge in [0.2, 0.25) is 0 Å². The van der Waals surface area contributed by atoms with Crippen LogP contribution in [0.3, 0.4) is 0 Å². The molecule has 5 heteroatoms. The normalized spacial score (nSPS) is 12.5. The van der Waals surface area contributed by atoms with Gasteiger partial charge in [-0.15, -0.1) is 0 Å². The summed E-state index contributed by atoms with van der Waals surface area (Å²) in [7, 11) is 0. The van der Waals surface area contributed by atoms with Crippen molar-refractivity contribution >= 4 is 11.9 Å². The number of carbonyl (C=O) groups excluding carboxylic acids is 2. The Bertz CT molecular complexity index is 1360. The lowest BCUT2D eigenvalue weighted by Crippen LogP contribution is -2.28. The van der Waals surface area contributed by atoms with E-state index in [9.17, 15) is 14.7 Å². The van der Waals surface area contributed by atoms with E-state index in [2.05, 4.69) is 74.6 Å². The van der Waals surface area contributed by atoms with Crippen LogP contribution in [-0.4, -0.2) is 36.4 Å². The lowest BCUT2D eigenvalue weighted by molar-refractivity contribution is -0.161. The fourth-order valence-electron chi connectivity index (χ4n) is 10.9. The molecule has 0 aliphatic carbocycles. The van der Waals surface area contributed by atoms with Crippen LogP contribution >= 0.6 is 0 Å². The third-order valence-corrected chi connectivity index (χ3v) is 16.3. The van der Waals surface area contributed by atoms with Crippen molar-refractivity contribution in [3.63, 3.8) is 0 Å². The second kappa shape index (κ2) is 70.9. The predicted molar refractivity (Wildman–Crippen MR) is 353 cm³/mol. The molecule has 1 atom stereocenters. The monoisotopic (exact) mass is 1120 g/mol. The van der Waals surface area contributed by atoms with E-state index in [1.54, 1.807) is 0 Å². The standard InChI is InChI=1S/C75H138O5/c1-3-5-7-9-11-13-15-17-19-21-23-25-27-29-31-33-35-37-39-41-43-45-47-49-51-53-55-57-59-61-63-65-67-69-74(77)79-72-73(71-76)80-75(78)70-68-66-64-62-60-58-56-54-52-50-48-46-44-42-40-38-36-34-32-30-28-26-24-22-20-18-16-14-12-10-8-6-4-2/h15-18,21-24,28,30,73,76H,3-14,19-20,25-27,29,31-72H2,1-2H3/b17-15-,18-16-,23-21-,24-22-,30-28-. The van der Waals surface area contributed by atoms with Crippen molar-refractivity contribution < 1.29 is 24.2 Å². The zero-order chi connectivity index (χ0) is 57.6. The van der Waals surface area contributed by atoms with E-state index in [1.807, 2.05) is 0 Å². The van der Waals surface area contributed by atoms with Gasteiger partial charge in [0, 0.05) is 12.8 Å². The molecule has 80 heavy (non-hydrogen) atoms. The molecule has 0 saturated heterocycles. The molecule has 0 rings (SSSR count). The third-order valence-electron chi connectivity index (χ3n) is 16.3. The van der Waals surface area contributed by atoms with E-state index in [1.165, 1.54) is 302 Å². The molecule has 0 bridgehead atoms. The Morgan fingerprint density at radius 2 is 0.500 bits per heavy atom. The number of carbonyl (C=O) groups is 2. The lowest BCUT2D eigenvalue weighted by Gasteiger charge is -2.15. The minimum atomic E-state index is -0.772. The Hall–Kier alpha value is -2.40. The summed E-state index contributed by atoms with van der Waals surface area (Å²) in [6.45, 7) is 4.17. The van der Waals surface area contributed by atoms with Gasteiger partial charge in [0.15, 0.2) is 6.10 Å². The quantitative estimate of drug-likeness (QED) is 0.0373. The van der Waals surface area contributed by atoms with Crippen molar-refractivity contribution in [1.29, 1.82) is 0 Å². The number of unbranched alkanes of at least 4 members (excludes halogenated alkanes) is 49. The van der Waals surface area contributed by atoms with Crippen LogP contribution in [0, 0.1) is 0 Å². The summed E-state index contributed by atoms with van der Waals surface area (Å²) in [6.07, 6.45) is 96.9. The first-order chi connectivity index (χ1) is 39.6. The zero-order valence-corrected chi connectivity index (χ0v) is 53.9. The van der Waals surface area contributed by atoms with Crippen molar-refractivity contribution in [3.8, 4) is 0 Å². The van der Waals surface area contributed by atoms with Gasteiger partial charge in [0.05, 0.1) is 6.61 Å². The Morgan fingerprint density at radius 1 is 0.287 bits per heavy atom. The summed E-state index contributed by atoms with van der Waals surface area (Å²) in [6, 6.07) is 0. The van der Waals surface area contributed by atoms with E-state index >= 15 is 0 Å². The zero-order valence-electron chi connectivity index (χ0n) is 53.9. The molecule has 0 saturated carbocycles. The van der Waals surface area contributed by atoms with Crippen LogP contribution in [0.4, 0.5) is 0 Å². The molecule has 468 valence electrons. The number of rotatable bonds is 67. The van der Waals surface area contributed by atoms with Gasteiger partial charge in [-0.1, -0.05) is 351 Å². The van der Waals surface area contributed by atoms with E-state index < -0.39 is 6.10 Å². The number of hydrogen-bond acceptors (Lipinski definition) is 5. The number of hydrogen-bond donors (Lipinski definition) is 1. The average molecular weight is 1120 g/mol. The summed E-state index contributed by atoms with van der Waals surface area (Å²) >= 11 is 0. The van der Waals surface area contributed by atoms with Crippen LogP contribution in [0.5, 0.6) is 0 Å². The largest absolute Gasteiger partial charge is 0.462 e. The number of aliphatic hydroxyl groups excluding tert-OH is 1. The van der Waals surface area contributed by atoms with Gasteiger partial charge in [0.25, 0.3) is 0 Å². The predicted octanol–water partition coefficient (Wildman–Crippen LogP) is 24.9. The highest BCUT2D eigenvalue weighted by Gasteiger charge is 2.16. The van der Waals surface area contributed by atoms with Gasteiger partial charge in [-0.05, 0) is 83.5 Å². The van der Waals surface area contributed by atoms with Gasteiger partial charge in [-0.2, -0.15) is 0 Å². The molecule has 0 fully saturated rings. The van der Waals surface area contributed by atoms with E-state index in [0.29, 0.717) is 12.8 Å². The summed E-state index contributed by atoms with van der Waals surface area (Å²) in [5, 5.41) is 9.71. The number of aliphatic hydroxyl groups is 1.